The first-order chi connectivity index (χ1) is 12.4. The lowest BCUT2D eigenvalue weighted by molar-refractivity contribution is 0.0827. The highest BCUT2D eigenvalue weighted by molar-refractivity contribution is 6.07. The second kappa shape index (κ2) is 8.34. The monoisotopic (exact) mass is 353 g/mol. The van der Waals surface area contributed by atoms with Gasteiger partial charge in [0.25, 0.3) is 5.91 Å². The van der Waals surface area contributed by atoms with Crippen LogP contribution in [0.3, 0.4) is 0 Å². The zero-order chi connectivity index (χ0) is 19.3. The third-order valence-corrected chi connectivity index (χ3v) is 3.98. The van der Waals surface area contributed by atoms with E-state index in [-0.39, 0.29) is 11.7 Å². The van der Waals surface area contributed by atoms with Crippen LogP contribution in [0.5, 0.6) is 11.5 Å². The van der Waals surface area contributed by atoms with E-state index in [1.165, 1.54) is 11.0 Å². The second-order valence-electron chi connectivity index (χ2n) is 6.04. The molecular formula is C21H23NO4. The van der Waals surface area contributed by atoms with E-state index >= 15 is 0 Å². The molecule has 5 nitrogen and oxygen atoms in total. The van der Waals surface area contributed by atoms with Gasteiger partial charge >= 0.3 is 0 Å². The number of amides is 1. The summed E-state index contributed by atoms with van der Waals surface area (Å²) in [6.07, 6.45) is 3.21. The summed E-state index contributed by atoms with van der Waals surface area (Å²) in [5, 5.41) is 0. The first-order valence-corrected chi connectivity index (χ1v) is 8.14. The third kappa shape index (κ3) is 4.30. The Kier molecular flexibility index (Phi) is 6.17. The van der Waals surface area contributed by atoms with Gasteiger partial charge in [-0.25, -0.2) is 0 Å². The van der Waals surface area contributed by atoms with Crippen molar-refractivity contribution in [3.05, 3.63) is 64.7 Å². The van der Waals surface area contributed by atoms with Gasteiger partial charge in [-0.15, -0.1) is 0 Å². The highest BCUT2D eigenvalue weighted by Gasteiger charge is 2.10. The Morgan fingerprint density at radius 2 is 1.50 bits per heavy atom. The second-order valence-corrected chi connectivity index (χ2v) is 6.04. The quantitative estimate of drug-likeness (QED) is 0.588. The Morgan fingerprint density at radius 1 is 0.923 bits per heavy atom. The van der Waals surface area contributed by atoms with Crippen molar-refractivity contribution in [1.29, 1.82) is 0 Å². The number of ether oxygens (including phenoxy) is 2. The molecule has 0 aliphatic carbocycles. The first kappa shape index (κ1) is 19.2. The minimum absolute atomic E-state index is 0.0991. The van der Waals surface area contributed by atoms with Crippen molar-refractivity contribution in [3.63, 3.8) is 0 Å². The molecule has 2 aromatic carbocycles. The van der Waals surface area contributed by atoms with Crippen LogP contribution in [0.25, 0.3) is 6.08 Å². The van der Waals surface area contributed by atoms with Crippen LogP contribution in [0.1, 0.15) is 31.8 Å². The third-order valence-electron chi connectivity index (χ3n) is 3.98. The van der Waals surface area contributed by atoms with Crippen molar-refractivity contribution in [3.8, 4) is 11.5 Å². The fourth-order valence-electron chi connectivity index (χ4n) is 2.52. The van der Waals surface area contributed by atoms with Crippen molar-refractivity contribution >= 4 is 17.8 Å². The summed E-state index contributed by atoms with van der Waals surface area (Å²) < 4.78 is 10.6. The van der Waals surface area contributed by atoms with Gasteiger partial charge in [0.15, 0.2) is 5.78 Å². The molecule has 5 heteroatoms. The van der Waals surface area contributed by atoms with Crippen molar-refractivity contribution < 1.29 is 19.1 Å². The summed E-state index contributed by atoms with van der Waals surface area (Å²) in [4.78, 5) is 25.8. The van der Waals surface area contributed by atoms with Crippen molar-refractivity contribution in [2.45, 2.75) is 6.92 Å². The molecule has 1 amide bonds. The van der Waals surface area contributed by atoms with Gasteiger partial charge in [0.2, 0.25) is 0 Å². The van der Waals surface area contributed by atoms with Gasteiger partial charge < -0.3 is 14.4 Å². The summed E-state index contributed by atoms with van der Waals surface area (Å²) in [5.41, 5.74) is 2.80. The first-order valence-electron chi connectivity index (χ1n) is 8.14. The molecule has 0 bridgehead atoms. The molecule has 0 aromatic heterocycles. The van der Waals surface area contributed by atoms with E-state index in [4.69, 9.17) is 9.47 Å². The molecule has 0 radical (unpaired) electrons. The summed E-state index contributed by atoms with van der Waals surface area (Å²) >= 11 is 0. The van der Waals surface area contributed by atoms with E-state index in [1.807, 2.05) is 13.0 Å². The fourth-order valence-corrected chi connectivity index (χ4v) is 2.52. The number of carbonyl (C=O) groups excluding carboxylic acids is 2. The van der Waals surface area contributed by atoms with E-state index in [2.05, 4.69) is 0 Å². The van der Waals surface area contributed by atoms with Crippen LogP contribution < -0.4 is 9.47 Å². The van der Waals surface area contributed by atoms with Gasteiger partial charge in [-0.1, -0.05) is 12.1 Å². The van der Waals surface area contributed by atoms with E-state index < -0.39 is 0 Å². The van der Waals surface area contributed by atoms with Crippen molar-refractivity contribution in [1.82, 2.24) is 4.90 Å². The van der Waals surface area contributed by atoms with Crippen LogP contribution in [-0.4, -0.2) is 44.9 Å². The molecule has 0 spiro atoms. The molecule has 2 rings (SSSR count). The summed E-state index contributed by atoms with van der Waals surface area (Å²) in [5.74, 6) is 1.11. The minimum Gasteiger partial charge on any atom is -0.496 e. The normalized spacial score (nSPS) is 10.7. The topological polar surface area (TPSA) is 55.8 Å². The molecule has 26 heavy (non-hydrogen) atoms. The molecule has 0 saturated carbocycles. The number of hydrogen-bond donors (Lipinski definition) is 0. The highest BCUT2D eigenvalue weighted by atomic mass is 16.5. The number of ketones is 1. The van der Waals surface area contributed by atoms with Crippen LogP contribution in [0.2, 0.25) is 0 Å². The number of methoxy groups -OCH3 is 2. The lowest BCUT2D eigenvalue weighted by Crippen LogP contribution is -2.21. The van der Waals surface area contributed by atoms with Gasteiger partial charge in [-0.3, -0.25) is 9.59 Å². The molecule has 136 valence electrons. The van der Waals surface area contributed by atoms with Crippen LogP contribution in [-0.2, 0) is 0 Å². The van der Waals surface area contributed by atoms with Crippen molar-refractivity contribution in [2.75, 3.05) is 28.3 Å². The number of carbonyl (C=O) groups is 2. The van der Waals surface area contributed by atoms with E-state index in [0.29, 0.717) is 16.9 Å². The number of aryl methyl sites for hydroxylation is 1. The molecule has 0 N–H and O–H groups in total. The maximum absolute atomic E-state index is 12.4. The maximum atomic E-state index is 12.4. The number of hydrogen-bond acceptors (Lipinski definition) is 4. The van der Waals surface area contributed by atoms with Gasteiger partial charge in [-0.2, -0.15) is 0 Å². The smallest absolute Gasteiger partial charge is 0.253 e. The molecule has 0 fully saturated rings. The molecule has 0 unspecified atom stereocenters. The molecule has 0 atom stereocenters. The van der Waals surface area contributed by atoms with Gasteiger partial charge in [0.1, 0.15) is 11.5 Å². The Labute approximate surface area is 153 Å². The molecule has 0 aliphatic heterocycles. The van der Waals surface area contributed by atoms with Crippen LogP contribution >= 0.6 is 0 Å². The largest absolute Gasteiger partial charge is 0.496 e. The Morgan fingerprint density at radius 3 is 2.04 bits per heavy atom. The maximum Gasteiger partial charge on any atom is 0.253 e. The molecule has 2 aromatic rings. The van der Waals surface area contributed by atoms with Crippen LogP contribution in [0.15, 0.2) is 42.5 Å². The van der Waals surface area contributed by atoms with Gasteiger partial charge in [0.05, 0.1) is 14.2 Å². The van der Waals surface area contributed by atoms with Crippen LogP contribution in [0.4, 0.5) is 0 Å². The van der Waals surface area contributed by atoms with E-state index in [9.17, 15) is 9.59 Å². The van der Waals surface area contributed by atoms with Gasteiger partial charge in [-0.05, 0) is 42.8 Å². The lowest BCUT2D eigenvalue weighted by Gasteiger charge is -2.11. The SMILES string of the molecule is COc1cc(OC)c(C=CC(=O)c2ccc(C(=O)N(C)C)cc2)cc1C. The lowest BCUT2D eigenvalue weighted by atomic mass is 10.0. The number of allylic oxidation sites excluding steroid dienone is 1. The average Bonchev–Trinajstić information content (AvgIpc) is 2.65. The molecule has 0 aliphatic rings. The number of rotatable bonds is 6. The van der Waals surface area contributed by atoms with E-state index in [1.54, 1.807) is 64.7 Å². The van der Waals surface area contributed by atoms with Crippen LogP contribution in [0, 0.1) is 6.92 Å². The number of nitrogens with zero attached hydrogens (tertiary/aromatic N) is 1. The Bertz CT molecular complexity index is 836. The zero-order valence-electron chi connectivity index (χ0n) is 15.7. The average molecular weight is 353 g/mol. The van der Waals surface area contributed by atoms with Crippen molar-refractivity contribution in [2.24, 2.45) is 0 Å². The Hall–Kier alpha value is -3.08. The Balaban J connectivity index is 2.22. The summed E-state index contributed by atoms with van der Waals surface area (Å²) in [7, 11) is 6.55. The minimum atomic E-state index is -0.149. The summed E-state index contributed by atoms with van der Waals surface area (Å²) in [6, 6.07) is 10.3. The summed E-state index contributed by atoms with van der Waals surface area (Å²) in [6.45, 7) is 1.93. The predicted molar refractivity (Wildman–Crippen MR) is 102 cm³/mol. The highest BCUT2D eigenvalue weighted by Crippen LogP contribution is 2.29. The molecular weight excluding hydrogens is 330 g/mol. The predicted octanol–water partition coefficient (Wildman–Crippen LogP) is 3.61. The fraction of sp³-hybridized carbons (Fsp3) is 0.238. The molecule has 0 heterocycles. The zero-order valence-corrected chi connectivity index (χ0v) is 15.7. The molecule has 0 saturated heterocycles. The standard InChI is InChI=1S/C21H23NO4/c1-14-12-17(20(26-5)13-19(14)25-4)10-11-18(23)15-6-8-16(9-7-15)21(24)22(2)3/h6-13H,1-5H3. The van der Waals surface area contributed by atoms with E-state index in [0.717, 1.165) is 16.9 Å². The number of benzene rings is 2. The van der Waals surface area contributed by atoms with Gasteiger partial charge in [0, 0.05) is 36.9 Å².